The molecule has 1 aliphatic heterocycles. The minimum absolute atomic E-state index is 0.767. The highest BCUT2D eigenvalue weighted by atomic mass is 16.5. The molecule has 0 amide bonds. The van der Waals surface area contributed by atoms with E-state index in [0.29, 0.717) is 0 Å². The summed E-state index contributed by atoms with van der Waals surface area (Å²) in [6.07, 6.45) is 0.988. The third-order valence-corrected chi connectivity index (χ3v) is 4.68. The standard InChI is InChI=1S/C20H25NO4/c1-22-17-7-5-6-15(20(17)25-4)12-21-9-8-14-10-18(23-2)19(24-3)11-16(14)13-21/h5-7,10-11H,8-9,12-13H2,1-4H3. The topological polar surface area (TPSA) is 40.2 Å². The Kier molecular flexibility index (Phi) is 5.34. The van der Waals surface area contributed by atoms with Gasteiger partial charge < -0.3 is 18.9 Å². The van der Waals surface area contributed by atoms with E-state index in [-0.39, 0.29) is 0 Å². The average Bonchev–Trinajstić information content (AvgIpc) is 2.66. The van der Waals surface area contributed by atoms with Gasteiger partial charge in [-0.25, -0.2) is 0 Å². The van der Waals surface area contributed by atoms with E-state index in [1.54, 1.807) is 28.4 Å². The second-order valence-electron chi connectivity index (χ2n) is 6.09. The van der Waals surface area contributed by atoms with Gasteiger partial charge in [0, 0.05) is 25.2 Å². The van der Waals surface area contributed by atoms with Gasteiger partial charge in [0.1, 0.15) is 0 Å². The van der Waals surface area contributed by atoms with Crippen molar-refractivity contribution in [2.24, 2.45) is 0 Å². The van der Waals surface area contributed by atoms with Crippen molar-refractivity contribution in [2.45, 2.75) is 19.5 Å². The van der Waals surface area contributed by atoms with Crippen LogP contribution < -0.4 is 18.9 Å². The van der Waals surface area contributed by atoms with Crippen LogP contribution in [0.15, 0.2) is 30.3 Å². The summed E-state index contributed by atoms with van der Waals surface area (Å²) in [5, 5.41) is 0. The summed E-state index contributed by atoms with van der Waals surface area (Å²) in [4.78, 5) is 2.41. The summed E-state index contributed by atoms with van der Waals surface area (Å²) in [6.45, 7) is 2.67. The van der Waals surface area contributed by atoms with Crippen LogP contribution in [-0.2, 0) is 19.5 Å². The maximum atomic E-state index is 5.56. The van der Waals surface area contributed by atoms with E-state index in [1.807, 2.05) is 12.1 Å². The molecule has 0 saturated heterocycles. The molecule has 1 aliphatic rings. The molecular formula is C20H25NO4. The normalized spacial score (nSPS) is 13.9. The zero-order valence-electron chi connectivity index (χ0n) is 15.3. The third-order valence-electron chi connectivity index (χ3n) is 4.68. The van der Waals surface area contributed by atoms with Crippen LogP contribution >= 0.6 is 0 Å². The molecule has 2 aromatic carbocycles. The number of fused-ring (bicyclic) bond motifs is 1. The molecule has 134 valence electrons. The molecule has 3 rings (SSSR count). The number of rotatable bonds is 6. The van der Waals surface area contributed by atoms with Gasteiger partial charge in [0.15, 0.2) is 23.0 Å². The molecule has 5 nitrogen and oxygen atoms in total. The predicted molar refractivity (Wildman–Crippen MR) is 96.9 cm³/mol. The Balaban J connectivity index is 1.82. The van der Waals surface area contributed by atoms with Gasteiger partial charge in [-0.15, -0.1) is 0 Å². The maximum absolute atomic E-state index is 5.56. The van der Waals surface area contributed by atoms with Crippen LogP contribution in [0.1, 0.15) is 16.7 Å². The lowest BCUT2D eigenvalue weighted by Gasteiger charge is -2.30. The molecule has 0 N–H and O–H groups in total. The Morgan fingerprint density at radius 2 is 1.52 bits per heavy atom. The van der Waals surface area contributed by atoms with Gasteiger partial charge in [0.05, 0.1) is 28.4 Å². The Hall–Kier alpha value is -2.40. The fourth-order valence-corrected chi connectivity index (χ4v) is 3.40. The summed E-state index contributed by atoms with van der Waals surface area (Å²) in [5.41, 5.74) is 3.74. The lowest BCUT2D eigenvalue weighted by atomic mass is 9.98. The molecule has 0 aromatic heterocycles. The minimum Gasteiger partial charge on any atom is -0.493 e. The monoisotopic (exact) mass is 343 g/mol. The quantitative estimate of drug-likeness (QED) is 0.805. The van der Waals surface area contributed by atoms with Crippen molar-refractivity contribution >= 4 is 0 Å². The van der Waals surface area contributed by atoms with Gasteiger partial charge in [-0.1, -0.05) is 12.1 Å². The number of para-hydroxylation sites is 1. The first kappa shape index (κ1) is 17.4. The molecule has 1 heterocycles. The molecule has 0 unspecified atom stereocenters. The molecule has 5 heteroatoms. The van der Waals surface area contributed by atoms with Gasteiger partial charge in [0.2, 0.25) is 0 Å². The molecule has 0 aliphatic carbocycles. The van der Waals surface area contributed by atoms with Crippen LogP contribution in [0.5, 0.6) is 23.0 Å². The SMILES string of the molecule is COc1cc2c(cc1OC)CN(Cc1cccc(OC)c1OC)CC2. The zero-order valence-corrected chi connectivity index (χ0v) is 15.3. The number of hydrogen-bond acceptors (Lipinski definition) is 5. The van der Waals surface area contributed by atoms with Crippen molar-refractivity contribution in [3.8, 4) is 23.0 Å². The van der Waals surface area contributed by atoms with Crippen molar-refractivity contribution in [3.05, 3.63) is 47.0 Å². The maximum Gasteiger partial charge on any atom is 0.165 e. The van der Waals surface area contributed by atoms with E-state index >= 15 is 0 Å². The average molecular weight is 343 g/mol. The molecule has 0 saturated carbocycles. The smallest absolute Gasteiger partial charge is 0.165 e. The highest BCUT2D eigenvalue weighted by Crippen LogP contribution is 2.35. The number of benzene rings is 2. The molecule has 0 fully saturated rings. The Bertz CT molecular complexity index is 745. The molecule has 2 aromatic rings. The van der Waals surface area contributed by atoms with Crippen LogP contribution in [0.2, 0.25) is 0 Å². The van der Waals surface area contributed by atoms with E-state index in [1.165, 1.54) is 11.1 Å². The predicted octanol–water partition coefficient (Wildman–Crippen LogP) is 3.28. The molecule has 0 bridgehead atoms. The number of hydrogen-bond donors (Lipinski definition) is 0. The van der Waals surface area contributed by atoms with Gasteiger partial charge >= 0.3 is 0 Å². The fourth-order valence-electron chi connectivity index (χ4n) is 3.40. The Labute approximate surface area is 149 Å². The van der Waals surface area contributed by atoms with Crippen LogP contribution in [0.4, 0.5) is 0 Å². The fraction of sp³-hybridized carbons (Fsp3) is 0.400. The van der Waals surface area contributed by atoms with Gasteiger partial charge in [-0.3, -0.25) is 4.90 Å². The van der Waals surface area contributed by atoms with Crippen LogP contribution in [-0.4, -0.2) is 39.9 Å². The second-order valence-corrected chi connectivity index (χ2v) is 6.09. The zero-order chi connectivity index (χ0) is 17.8. The lowest BCUT2D eigenvalue weighted by molar-refractivity contribution is 0.239. The summed E-state index contributed by atoms with van der Waals surface area (Å²) < 4.78 is 21.8. The summed E-state index contributed by atoms with van der Waals surface area (Å²) in [5.74, 6) is 3.15. The van der Waals surface area contributed by atoms with Crippen molar-refractivity contribution < 1.29 is 18.9 Å². The first-order valence-corrected chi connectivity index (χ1v) is 8.36. The van der Waals surface area contributed by atoms with Gasteiger partial charge in [0.25, 0.3) is 0 Å². The molecular weight excluding hydrogens is 318 g/mol. The molecule has 0 atom stereocenters. The minimum atomic E-state index is 0.767. The Morgan fingerprint density at radius 1 is 0.840 bits per heavy atom. The van der Waals surface area contributed by atoms with Gasteiger partial charge in [-0.2, -0.15) is 0 Å². The summed E-state index contributed by atoms with van der Waals surface area (Å²) in [6, 6.07) is 10.2. The van der Waals surface area contributed by atoms with Crippen molar-refractivity contribution in [1.82, 2.24) is 4.90 Å². The number of methoxy groups -OCH3 is 4. The van der Waals surface area contributed by atoms with Crippen LogP contribution in [0, 0.1) is 0 Å². The number of ether oxygens (including phenoxy) is 4. The number of nitrogens with zero attached hydrogens (tertiary/aromatic N) is 1. The van der Waals surface area contributed by atoms with Crippen LogP contribution in [0.3, 0.4) is 0 Å². The lowest BCUT2D eigenvalue weighted by Crippen LogP contribution is -2.30. The molecule has 25 heavy (non-hydrogen) atoms. The molecule has 0 spiro atoms. The van der Waals surface area contributed by atoms with E-state index < -0.39 is 0 Å². The summed E-state index contributed by atoms with van der Waals surface area (Å²) in [7, 11) is 6.70. The molecule has 0 radical (unpaired) electrons. The summed E-state index contributed by atoms with van der Waals surface area (Å²) >= 11 is 0. The van der Waals surface area contributed by atoms with E-state index in [2.05, 4.69) is 23.1 Å². The third kappa shape index (κ3) is 3.51. The van der Waals surface area contributed by atoms with Crippen molar-refractivity contribution in [1.29, 1.82) is 0 Å². The Morgan fingerprint density at radius 3 is 2.16 bits per heavy atom. The van der Waals surface area contributed by atoms with E-state index in [9.17, 15) is 0 Å². The van der Waals surface area contributed by atoms with E-state index in [4.69, 9.17) is 18.9 Å². The van der Waals surface area contributed by atoms with Crippen LogP contribution in [0.25, 0.3) is 0 Å². The van der Waals surface area contributed by atoms with Gasteiger partial charge in [-0.05, 0) is 35.7 Å². The van der Waals surface area contributed by atoms with Crippen molar-refractivity contribution in [2.75, 3.05) is 35.0 Å². The highest BCUT2D eigenvalue weighted by Gasteiger charge is 2.21. The van der Waals surface area contributed by atoms with E-state index in [0.717, 1.165) is 54.6 Å². The first-order valence-electron chi connectivity index (χ1n) is 8.36. The first-order chi connectivity index (χ1) is 12.2. The second kappa shape index (κ2) is 7.66. The highest BCUT2D eigenvalue weighted by molar-refractivity contribution is 5.49. The largest absolute Gasteiger partial charge is 0.493 e. The van der Waals surface area contributed by atoms with Crippen molar-refractivity contribution in [3.63, 3.8) is 0 Å².